The van der Waals surface area contributed by atoms with Crippen molar-refractivity contribution < 1.29 is 14.3 Å². The summed E-state index contributed by atoms with van der Waals surface area (Å²) in [6, 6.07) is 9.21. The highest BCUT2D eigenvalue weighted by molar-refractivity contribution is 6.32. The molecule has 0 saturated heterocycles. The lowest BCUT2D eigenvalue weighted by Gasteiger charge is -2.01. The summed E-state index contributed by atoms with van der Waals surface area (Å²) in [6.45, 7) is 1.34. The van der Waals surface area contributed by atoms with Gasteiger partial charge in [-0.2, -0.15) is 0 Å². The van der Waals surface area contributed by atoms with Crippen molar-refractivity contribution in [3.8, 4) is 0 Å². The highest BCUT2D eigenvalue weighted by Gasteiger charge is 2.07. The Kier molecular flexibility index (Phi) is 3.20. The summed E-state index contributed by atoms with van der Waals surface area (Å²) in [7, 11) is 0. The van der Waals surface area contributed by atoms with Crippen LogP contribution in [0, 0.1) is 0 Å². The van der Waals surface area contributed by atoms with Crippen LogP contribution in [0.1, 0.15) is 12.5 Å². The normalized spacial score (nSPS) is 9.31. The maximum atomic E-state index is 10.7. The first-order chi connectivity index (χ1) is 6.20. The van der Waals surface area contributed by atoms with Crippen LogP contribution in [0.15, 0.2) is 30.3 Å². The third-order valence-corrected chi connectivity index (χ3v) is 1.50. The van der Waals surface area contributed by atoms with Crippen molar-refractivity contribution >= 4 is 11.8 Å². The zero-order valence-corrected chi connectivity index (χ0v) is 7.32. The van der Waals surface area contributed by atoms with E-state index in [-0.39, 0.29) is 6.61 Å². The topological polar surface area (TPSA) is 43.4 Å². The van der Waals surface area contributed by atoms with Gasteiger partial charge in [0, 0.05) is 6.92 Å². The molecule has 0 aliphatic heterocycles. The first-order valence-electron chi connectivity index (χ1n) is 3.92. The van der Waals surface area contributed by atoms with Crippen molar-refractivity contribution in [1.29, 1.82) is 0 Å². The van der Waals surface area contributed by atoms with Gasteiger partial charge >= 0.3 is 5.97 Å². The van der Waals surface area contributed by atoms with Gasteiger partial charge in [0.15, 0.2) is 0 Å². The Bertz CT molecular complexity index is 303. The minimum atomic E-state index is -0.788. The number of hydrogen-bond acceptors (Lipinski definition) is 3. The molecule has 0 bridgehead atoms. The Labute approximate surface area is 76.3 Å². The number of benzene rings is 1. The van der Waals surface area contributed by atoms with E-state index < -0.39 is 11.8 Å². The Morgan fingerprint density at radius 2 is 1.85 bits per heavy atom. The van der Waals surface area contributed by atoms with Gasteiger partial charge in [-0.05, 0) is 5.56 Å². The average molecular weight is 179 g/mol. The van der Waals surface area contributed by atoms with E-state index in [4.69, 9.17) is 4.74 Å². The van der Waals surface area contributed by atoms with Crippen LogP contribution in [0.25, 0.3) is 0 Å². The Morgan fingerprint density at radius 3 is 2.38 bits per heavy atom. The predicted molar refractivity (Wildman–Crippen MR) is 46.9 cm³/mol. The summed E-state index contributed by atoms with van der Waals surface area (Å²) in [4.78, 5) is 21.2. The lowest BCUT2D eigenvalue weighted by Crippen LogP contribution is -2.13. The van der Waals surface area contributed by atoms with E-state index >= 15 is 0 Å². The van der Waals surface area contributed by atoms with E-state index in [0.717, 1.165) is 5.56 Å². The van der Waals surface area contributed by atoms with E-state index in [1.165, 1.54) is 6.92 Å². The standard InChI is InChI=1S/C10H10O3/c1-8(11)10(12)13-7-9-5-3-2-4-6-9/h2-6H,7H2,1H3/i10+1. The molecule has 0 amide bonds. The number of ketones is 1. The highest BCUT2D eigenvalue weighted by Crippen LogP contribution is 2.00. The van der Waals surface area contributed by atoms with Gasteiger partial charge in [0.2, 0.25) is 5.78 Å². The lowest BCUT2D eigenvalue weighted by molar-refractivity contribution is -0.153. The lowest BCUT2D eigenvalue weighted by atomic mass is 10.2. The van der Waals surface area contributed by atoms with Crippen LogP contribution in [0.3, 0.4) is 0 Å². The number of ether oxygens (including phenoxy) is 1. The van der Waals surface area contributed by atoms with Crippen molar-refractivity contribution in [2.45, 2.75) is 13.5 Å². The zero-order valence-electron chi connectivity index (χ0n) is 7.32. The molecule has 0 spiro atoms. The number of hydrogen-bond donors (Lipinski definition) is 0. The second-order valence-corrected chi connectivity index (χ2v) is 2.62. The monoisotopic (exact) mass is 179 g/mol. The van der Waals surface area contributed by atoms with Crippen molar-refractivity contribution in [3.05, 3.63) is 35.9 Å². The van der Waals surface area contributed by atoms with Crippen molar-refractivity contribution in [2.75, 3.05) is 0 Å². The summed E-state index contributed by atoms with van der Waals surface area (Å²) in [6.07, 6.45) is 0. The Hall–Kier alpha value is -1.64. The highest BCUT2D eigenvalue weighted by atomic mass is 16.6. The molecule has 3 nitrogen and oxygen atoms in total. The molecule has 1 aromatic carbocycles. The number of rotatable bonds is 3. The second-order valence-electron chi connectivity index (χ2n) is 2.62. The largest absolute Gasteiger partial charge is 0.455 e. The summed E-state index contributed by atoms with van der Waals surface area (Å²) < 4.78 is 4.70. The SMILES string of the molecule is CC(=O)[13C](=O)OCc1ccccc1. The van der Waals surface area contributed by atoms with Crippen LogP contribution in [0.4, 0.5) is 0 Å². The number of carbonyl (C=O) groups excluding carboxylic acids is 2. The smallest absolute Gasteiger partial charge is 0.374 e. The molecule has 68 valence electrons. The number of esters is 1. The van der Waals surface area contributed by atoms with Gasteiger partial charge < -0.3 is 4.74 Å². The van der Waals surface area contributed by atoms with Crippen molar-refractivity contribution in [3.63, 3.8) is 0 Å². The molecule has 1 aromatic rings. The van der Waals surface area contributed by atoms with Crippen LogP contribution in [-0.2, 0) is 20.9 Å². The molecule has 0 aromatic heterocycles. The minimum absolute atomic E-state index is 0.152. The molecule has 13 heavy (non-hydrogen) atoms. The average Bonchev–Trinajstić information content (AvgIpc) is 2.15. The van der Waals surface area contributed by atoms with Crippen molar-refractivity contribution in [2.24, 2.45) is 0 Å². The molecule has 0 radical (unpaired) electrons. The quantitative estimate of drug-likeness (QED) is 0.399. The minimum Gasteiger partial charge on any atom is -0.455 e. The van der Waals surface area contributed by atoms with Gasteiger partial charge in [-0.3, -0.25) is 4.79 Å². The molecule has 0 N–H and O–H groups in total. The second kappa shape index (κ2) is 4.40. The zero-order chi connectivity index (χ0) is 9.68. The number of carbonyl (C=O) groups is 2. The molecule has 0 heterocycles. The van der Waals surface area contributed by atoms with E-state index in [2.05, 4.69) is 0 Å². The molecular formula is C10H10O3. The summed E-state index contributed by atoms with van der Waals surface area (Å²) in [5, 5.41) is 0. The maximum Gasteiger partial charge on any atom is 0.374 e. The van der Waals surface area contributed by atoms with E-state index in [1.807, 2.05) is 30.3 Å². The summed E-state index contributed by atoms with van der Waals surface area (Å²) in [5.74, 6) is -1.36. The fraction of sp³-hybridized carbons (Fsp3) is 0.200. The molecule has 0 atom stereocenters. The van der Waals surface area contributed by atoms with Crippen molar-refractivity contribution in [1.82, 2.24) is 0 Å². The summed E-state index contributed by atoms with van der Waals surface area (Å²) in [5.41, 5.74) is 0.872. The first-order valence-corrected chi connectivity index (χ1v) is 3.92. The van der Waals surface area contributed by atoms with Gasteiger partial charge in [0.05, 0.1) is 0 Å². The van der Waals surface area contributed by atoms with Gasteiger partial charge in [0.1, 0.15) is 6.61 Å². The summed E-state index contributed by atoms with van der Waals surface area (Å²) >= 11 is 0. The maximum absolute atomic E-state index is 10.7. The van der Waals surface area contributed by atoms with Crippen LogP contribution < -0.4 is 0 Å². The van der Waals surface area contributed by atoms with Gasteiger partial charge in [-0.15, -0.1) is 0 Å². The molecule has 1 rings (SSSR count). The van der Waals surface area contributed by atoms with Crippen LogP contribution >= 0.6 is 0 Å². The molecule has 0 saturated carbocycles. The van der Waals surface area contributed by atoms with Crippen LogP contribution in [-0.4, -0.2) is 11.8 Å². The molecular weight excluding hydrogens is 169 g/mol. The molecule has 0 aliphatic carbocycles. The fourth-order valence-corrected chi connectivity index (χ4v) is 0.825. The fourth-order valence-electron chi connectivity index (χ4n) is 0.825. The number of Topliss-reactive ketones (excluding diaryl/α,β-unsaturated/α-hetero) is 1. The van der Waals surface area contributed by atoms with Gasteiger partial charge in [-0.1, -0.05) is 30.3 Å². The molecule has 0 fully saturated rings. The molecule has 0 unspecified atom stereocenters. The van der Waals surface area contributed by atoms with E-state index in [9.17, 15) is 9.59 Å². The third-order valence-electron chi connectivity index (χ3n) is 1.50. The predicted octanol–water partition coefficient (Wildman–Crippen LogP) is 1.32. The van der Waals surface area contributed by atoms with E-state index in [1.54, 1.807) is 0 Å². The van der Waals surface area contributed by atoms with Crippen LogP contribution in [0.5, 0.6) is 0 Å². The van der Waals surface area contributed by atoms with Crippen LogP contribution in [0.2, 0.25) is 0 Å². The van der Waals surface area contributed by atoms with Gasteiger partial charge in [-0.25, -0.2) is 4.79 Å². The van der Waals surface area contributed by atoms with Gasteiger partial charge in [0.25, 0.3) is 0 Å². The third kappa shape index (κ3) is 3.07. The Morgan fingerprint density at radius 1 is 1.23 bits per heavy atom. The van der Waals surface area contributed by atoms with E-state index in [0.29, 0.717) is 0 Å². The first kappa shape index (κ1) is 9.45. The Balaban J connectivity index is 2.44. The molecule has 3 heteroatoms. The molecule has 0 aliphatic rings.